The lowest BCUT2D eigenvalue weighted by Gasteiger charge is -2.10. The Bertz CT molecular complexity index is 969. The van der Waals surface area contributed by atoms with E-state index in [2.05, 4.69) is 30.8 Å². The Hall–Kier alpha value is -2.82. The van der Waals surface area contributed by atoms with Gasteiger partial charge in [0.1, 0.15) is 17.2 Å². The van der Waals surface area contributed by atoms with Crippen LogP contribution in [0, 0.1) is 6.92 Å². The SMILES string of the molecule is CCCCCCCCc1ccc(O)c(C=NCCN=Cc2cc(OCCCCCCC)ccc2O)c1C. The highest BCUT2D eigenvalue weighted by atomic mass is 16.5. The molecule has 5 heteroatoms. The van der Waals surface area contributed by atoms with E-state index in [1.54, 1.807) is 30.6 Å². The normalized spacial score (nSPS) is 11.6. The van der Waals surface area contributed by atoms with Crippen LogP contribution in [0.1, 0.15) is 107 Å². The fourth-order valence-corrected chi connectivity index (χ4v) is 4.34. The number of ether oxygens (including phenoxy) is 1. The highest BCUT2D eigenvalue weighted by Gasteiger charge is 2.08. The molecule has 37 heavy (non-hydrogen) atoms. The Kier molecular flexibility index (Phi) is 15.1. The molecule has 0 heterocycles. The molecule has 0 saturated heterocycles. The third-order valence-electron chi connectivity index (χ3n) is 6.73. The summed E-state index contributed by atoms with van der Waals surface area (Å²) in [5.41, 5.74) is 3.83. The summed E-state index contributed by atoms with van der Waals surface area (Å²) >= 11 is 0. The van der Waals surface area contributed by atoms with E-state index in [0.717, 1.165) is 29.7 Å². The molecule has 0 aliphatic carbocycles. The van der Waals surface area contributed by atoms with Crippen LogP contribution in [-0.4, -0.2) is 42.3 Å². The van der Waals surface area contributed by atoms with Crippen LogP contribution in [0.25, 0.3) is 0 Å². The average Bonchev–Trinajstić information content (AvgIpc) is 2.89. The number of phenols is 2. The van der Waals surface area contributed by atoms with E-state index < -0.39 is 0 Å². The Labute approximate surface area is 224 Å². The molecule has 0 unspecified atom stereocenters. The zero-order valence-electron chi connectivity index (χ0n) is 23.3. The lowest BCUT2D eigenvalue weighted by molar-refractivity contribution is 0.304. The molecule has 0 atom stereocenters. The van der Waals surface area contributed by atoms with Crippen LogP contribution >= 0.6 is 0 Å². The first kappa shape index (κ1) is 30.4. The fourth-order valence-electron chi connectivity index (χ4n) is 4.34. The number of aromatic hydroxyl groups is 2. The van der Waals surface area contributed by atoms with E-state index in [-0.39, 0.29) is 11.5 Å². The van der Waals surface area contributed by atoms with E-state index >= 15 is 0 Å². The molecule has 0 aromatic heterocycles. The summed E-state index contributed by atoms with van der Waals surface area (Å²) in [7, 11) is 0. The van der Waals surface area contributed by atoms with Crippen molar-refractivity contribution >= 4 is 12.4 Å². The lowest BCUT2D eigenvalue weighted by atomic mass is 9.97. The van der Waals surface area contributed by atoms with Crippen molar-refractivity contribution in [3.63, 3.8) is 0 Å². The molecule has 0 bridgehead atoms. The van der Waals surface area contributed by atoms with Crippen molar-refractivity contribution in [2.75, 3.05) is 19.7 Å². The molecule has 204 valence electrons. The third kappa shape index (κ3) is 11.8. The van der Waals surface area contributed by atoms with E-state index in [9.17, 15) is 10.2 Å². The van der Waals surface area contributed by atoms with Crippen molar-refractivity contribution in [2.24, 2.45) is 9.98 Å². The van der Waals surface area contributed by atoms with Gasteiger partial charge in [0, 0.05) is 23.6 Å². The van der Waals surface area contributed by atoms with Crippen LogP contribution < -0.4 is 4.74 Å². The van der Waals surface area contributed by atoms with Crippen molar-refractivity contribution in [3.8, 4) is 17.2 Å². The molecule has 0 fully saturated rings. The summed E-state index contributed by atoms with van der Waals surface area (Å²) in [4.78, 5) is 8.91. The zero-order valence-corrected chi connectivity index (χ0v) is 23.3. The van der Waals surface area contributed by atoms with Crippen LogP contribution in [0.4, 0.5) is 0 Å². The van der Waals surface area contributed by atoms with Gasteiger partial charge in [-0.05, 0) is 61.6 Å². The Balaban J connectivity index is 1.81. The van der Waals surface area contributed by atoms with Gasteiger partial charge in [-0.1, -0.05) is 77.7 Å². The van der Waals surface area contributed by atoms with Gasteiger partial charge in [-0.15, -0.1) is 0 Å². The summed E-state index contributed by atoms with van der Waals surface area (Å²) < 4.78 is 5.83. The number of nitrogens with zero attached hydrogens (tertiary/aromatic N) is 2. The van der Waals surface area contributed by atoms with Crippen LogP contribution in [0.5, 0.6) is 17.2 Å². The zero-order chi connectivity index (χ0) is 26.7. The highest BCUT2D eigenvalue weighted by Crippen LogP contribution is 2.24. The van der Waals surface area contributed by atoms with Crippen molar-refractivity contribution < 1.29 is 14.9 Å². The molecule has 0 saturated carbocycles. The van der Waals surface area contributed by atoms with Gasteiger partial charge in [0.25, 0.3) is 0 Å². The number of aryl methyl sites for hydroxylation is 1. The Morgan fingerprint density at radius 1 is 0.730 bits per heavy atom. The minimum Gasteiger partial charge on any atom is -0.507 e. The number of hydrogen-bond donors (Lipinski definition) is 2. The molecule has 2 N–H and O–H groups in total. The summed E-state index contributed by atoms with van der Waals surface area (Å²) in [6.07, 6.45) is 18.1. The maximum atomic E-state index is 10.3. The van der Waals surface area contributed by atoms with Gasteiger partial charge in [0.05, 0.1) is 19.7 Å². The van der Waals surface area contributed by atoms with Crippen LogP contribution in [0.15, 0.2) is 40.3 Å². The minimum atomic E-state index is 0.185. The quantitative estimate of drug-likeness (QED) is 0.148. The first-order valence-corrected chi connectivity index (χ1v) is 14.3. The highest BCUT2D eigenvalue weighted by molar-refractivity contribution is 5.86. The Morgan fingerprint density at radius 3 is 2.08 bits per heavy atom. The number of phenolic OH excluding ortho intramolecular Hbond substituents is 2. The average molecular weight is 509 g/mol. The summed E-state index contributed by atoms with van der Waals surface area (Å²) in [6.45, 7) is 8.21. The third-order valence-corrected chi connectivity index (χ3v) is 6.73. The van der Waals surface area contributed by atoms with Gasteiger partial charge < -0.3 is 14.9 Å². The number of unbranched alkanes of at least 4 members (excludes halogenated alkanes) is 9. The molecule has 0 spiro atoms. The summed E-state index contributed by atoms with van der Waals surface area (Å²) in [5.74, 6) is 1.20. The number of aliphatic imine (C=N–C) groups is 2. The van der Waals surface area contributed by atoms with Crippen molar-refractivity contribution in [2.45, 2.75) is 97.8 Å². The van der Waals surface area contributed by atoms with Crippen molar-refractivity contribution in [3.05, 3.63) is 52.6 Å². The van der Waals surface area contributed by atoms with Gasteiger partial charge in [0.15, 0.2) is 0 Å². The number of hydrogen-bond acceptors (Lipinski definition) is 5. The second kappa shape index (κ2) is 18.4. The van der Waals surface area contributed by atoms with Gasteiger partial charge in [0.2, 0.25) is 0 Å². The first-order valence-electron chi connectivity index (χ1n) is 14.3. The predicted molar refractivity (Wildman–Crippen MR) is 157 cm³/mol. The van der Waals surface area contributed by atoms with E-state index in [1.165, 1.54) is 69.8 Å². The van der Waals surface area contributed by atoms with Crippen LogP contribution in [-0.2, 0) is 6.42 Å². The molecule has 2 aromatic rings. The topological polar surface area (TPSA) is 74.4 Å². The fraction of sp³-hybridized carbons (Fsp3) is 0.562. The molecule has 0 radical (unpaired) electrons. The molecule has 2 rings (SSSR count). The van der Waals surface area contributed by atoms with Gasteiger partial charge in [-0.2, -0.15) is 0 Å². The molecule has 0 amide bonds. The number of benzene rings is 2. The molecular weight excluding hydrogens is 460 g/mol. The first-order chi connectivity index (χ1) is 18.1. The lowest BCUT2D eigenvalue weighted by Crippen LogP contribution is -1.98. The van der Waals surface area contributed by atoms with Crippen LogP contribution in [0.2, 0.25) is 0 Å². The van der Waals surface area contributed by atoms with Gasteiger partial charge >= 0.3 is 0 Å². The minimum absolute atomic E-state index is 0.185. The molecule has 0 aliphatic rings. The summed E-state index contributed by atoms with van der Waals surface area (Å²) in [5, 5.41) is 20.5. The van der Waals surface area contributed by atoms with Crippen molar-refractivity contribution in [1.29, 1.82) is 0 Å². The van der Waals surface area contributed by atoms with Gasteiger partial charge in [-0.25, -0.2) is 0 Å². The second-order valence-corrected chi connectivity index (χ2v) is 9.85. The van der Waals surface area contributed by atoms with E-state index in [0.29, 0.717) is 25.3 Å². The summed E-state index contributed by atoms with van der Waals surface area (Å²) in [6, 6.07) is 9.08. The van der Waals surface area contributed by atoms with E-state index in [1.807, 2.05) is 12.1 Å². The molecule has 2 aromatic carbocycles. The second-order valence-electron chi connectivity index (χ2n) is 9.85. The largest absolute Gasteiger partial charge is 0.507 e. The Morgan fingerprint density at radius 2 is 1.35 bits per heavy atom. The molecule has 5 nitrogen and oxygen atoms in total. The smallest absolute Gasteiger partial charge is 0.124 e. The molecule has 0 aliphatic heterocycles. The standard InChI is InChI=1S/C32H48N2O3/c1-4-6-8-10-11-13-15-27-16-18-32(36)30(26(27)3)25-34-21-20-33-24-28-23-29(17-19-31(28)35)37-22-14-12-9-7-5-2/h16-19,23-25,35-36H,4-15,20-22H2,1-3H3. The predicted octanol–water partition coefficient (Wildman–Crippen LogP) is 8.20. The van der Waals surface area contributed by atoms with E-state index in [4.69, 9.17) is 4.74 Å². The van der Waals surface area contributed by atoms with Gasteiger partial charge in [-0.3, -0.25) is 9.98 Å². The van der Waals surface area contributed by atoms with Crippen molar-refractivity contribution in [1.82, 2.24) is 0 Å². The molecular formula is C32H48N2O3. The maximum Gasteiger partial charge on any atom is 0.124 e. The number of rotatable bonds is 19. The van der Waals surface area contributed by atoms with Crippen LogP contribution in [0.3, 0.4) is 0 Å². The maximum absolute atomic E-state index is 10.3. The monoisotopic (exact) mass is 508 g/mol.